The van der Waals surface area contributed by atoms with Gasteiger partial charge in [-0.25, -0.2) is 0 Å². The smallest absolute Gasteiger partial charge is 0.128 e. The predicted octanol–water partition coefficient (Wildman–Crippen LogP) is 3.08. The molecule has 22 heavy (non-hydrogen) atoms. The number of hydrogen-bond donors (Lipinski definition) is 1. The minimum Gasteiger partial charge on any atom is -0.496 e. The van der Waals surface area contributed by atoms with Crippen LogP contribution in [0.15, 0.2) is 36.7 Å². The van der Waals surface area contributed by atoms with Crippen LogP contribution in [0.2, 0.25) is 0 Å². The van der Waals surface area contributed by atoms with Crippen molar-refractivity contribution in [3.63, 3.8) is 0 Å². The molecule has 0 saturated carbocycles. The Kier molecular flexibility index (Phi) is 5.01. The van der Waals surface area contributed by atoms with Crippen molar-refractivity contribution in [3.8, 4) is 17.0 Å². The first-order valence-corrected chi connectivity index (χ1v) is 8.02. The summed E-state index contributed by atoms with van der Waals surface area (Å²) in [6.45, 7) is 2.27. The van der Waals surface area contributed by atoms with Gasteiger partial charge < -0.3 is 10.1 Å². The Hall–Kier alpha value is -1.94. The molecule has 1 atom stereocenters. The lowest BCUT2D eigenvalue weighted by atomic mass is 9.95. The highest BCUT2D eigenvalue weighted by Gasteiger charge is 2.14. The maximum absolute atomic E-state index is 5.39. The molecular formula is C18H23N3O. The second-order valence-corrected chi connectivity index (χ2v) is 5.84. The monoisotopic (exact) mass is 297 g/mol. The average molecular weight is 297 g/mol. The van der Waals surface area contributed by atoms with Gasteiger partial charge in [-0.1, -0.05) is 12.1 Å². The number of hydrogen-bond acceptors (Lipinski definition) is 4. The summed E-state index contributed by atoms with van der Waals surface area (Å²) in [5.74, 6) is 1.56. The molecule has 116 valence electrons. The van der Waals surface area contributed by atoms with E-state index >= 15 is 0 Å². The largest absolute Gasteiger partial charge is 0.496 e. The second kappa shape index (κ2) is 7.36. The SMILES string of the molecule is COc1ccccc1-c1cnc(C[C@@H]2CCCNCC2)cn1. The van der Waals surface area contributed by atoms with Crippen molar-refractivity contribution < 1.29 is 4.74 Å². The minimum atomic E-state index is 0.724. The number of nitrogens with one attached hydrogen (secondary N) is 1. The number of para-hydroxylation sites is 1. The molecule has 0 bridgehead atoms. The standard InChI is InChI=1S/C18H23N3O/c1-22-18-7-3-2-6-16(18)17-13-20-15(12-21-17)11-14-5-4-9-19-10-8-14/h2-3,6-7,12-14,19H,4-5,8-11H2,1H3/t14-/m1/s1. The van der Waals surface area contributed by atoms with E-state index in [0.717, 1.165) is 48.1 Å². The summed E-state index contributed by atoms with van der Waals surface area (Å²) in [5, 5.41) is 3.46. The van der Waals surface area contributed by atoms with Gasteiger partial charge in [0.05, 0.1) is 24.7 Å². The molecule has 1 aliphatic rings. The Balaban J connectivity index is 1.72. The van der Waals surface area contributed by atoms with Crippen molar-refractivity contribution in [1.29, 1.82) is 0 Å². The molecule has 1 aromatic carbocycles. The summed E-state index contributed by atoms with van der Waals surface area (Å²) in [6, 6.07) is 7.92. The second-order valence-electron chi connectivity index (χ2n) is 5.84. The fourth-order valence-corrected chi connectivity index (χ4v) is 3.05. The molecule has 4 nitrogen and oxygen atoms in total. The first kappa shape index (κ1) is 15.0. The van der Waals surface area contributed by atoms with Gasteiger partial charge in [-0.3, -0.25) is 9.97 Å². The van der Waals surface area contributed by atoms with Crippen LogP contribution in [0.4, 0.5) is 0 Å². The summed E-state index contributed by atoms with van der Waals surface area (Å²) < 4.78 is 5.39. The molecule has 0 amide bonds. The van der Waals surface area contributed by atoms with Gasteiger partial charge in [-0.15, -0.1) is 0 Å². The zero-order chi connectivity index (χ0) is 15.2. The van der Waals surface area contributed by atoms with E-state index in [-0.39, 0.29) is 0 Å². The molecule has 1 saturated heterocycles. The highest BCUT2D eigenvalue weighted by Crippen LogP contribution is 2.27. The Morgan fingerprint density at radius 2 is 2.05 bits per heavy atom. The molecular weight excluding hydrogens is 274 g/mol. The van der Waals surface area contributed by atoms with Crippen LogP contribution < -0.4 is 10.1 Å². The first-order valence-electron chi connectivity index (χ1n) is 8.02. The molecule has 1 N–H and O–H groups in total. The number of aromatic nitrogens is 2. The average Bonchev–Trinajstić information content (AvgIpc) is 2.84. The fraction of sp³-hybridized carbons (Fsp3) is 0.444. The fourth-order valence-electron chi connectivity index (χ4n) is 3.05. The highest BCUT2D eigenvalue weighted by atomic mass is 16.5. The maximum Gasteiger partial charge on any atom is 0.128 e. The van der Waals surface area contributed by atoms with E-state index in [0.29, 0.717) is 0 Å². The summed E-state index contributed by atoms with van der Waals surface area (Å²) in [4.78, 5) is 9.21. The lowest BCUT2D eigenvalue weighted by molar-refractivity contribution is 0.416. The number of nitrogens with zero attached hydrogens (tertiary/aromatic N) is 2. The van der Waals surface area contributed by atoms with E-state index in [2.05, 4.69) is 15.3 Å². The van der Waals surface area contributed by atoms with E-state index in [1.54, 1.807) is 7.11 Å². The van der Waals surface area contributed by atoms with E-state index in [4.69, 9.17) is 4.74 Å². The molecule has 1 fully saturated rings. The van der Waals surface area contributed by atoms with Gasteiger partial charge in [0, 0.05) is 11.8 Å². The Morgan fingerprint density at radius 3 is 2.86 bits per heavy atom. The highest BCUT2D eigenvalue weighted by molar-refractivity contribution is 5.66. The predicted molar refractivity (Wildman–Crippen MR) is 87.9 cm³/mol. The van der Waals surface area contributed by atoms with E-state index < -0.39 is 0 Å². The van der Waals surface area contributed by atoms with Crippen molar-refractivity contribution in [2.45, 2.75) is 25.7 Å². The normalized spacial score (nSPS) is 18.7. The van der Waals surface area contributed by atoms with Crippen LogP contribution in [-0.2, 0) is 6.42 Å². The van der Waals surface area contributed by atoms with E-state index in [1.807, 2.05) is 36.7 Å². The van der Waals surface area contributed by atoms with Gasteiger partial charge in [-0.05, 0) is 56.8 Å². The van der Waals surface area contributed by atoms with E-state index in [9.17, 15) is 0 Å². The lowest BCUT2D eigenvalue weighted by Crippen LogP contribution is -2.14. The molecule has 2 heterocycles. The number of benzene rings is 1. The van der Waals surface area contributed by atoms with Gasteiger partial charge in [0.15, 0.2) is 0 Å². The topological polar surface area (TPSA) is 47.0 Å². The van der Waals surface area contributed by atoms with Gasteiger partial charge in [0.2, 0.25) is 0 Å². The van der Waals surface area contributed by atoms with Crippen molar-refractivity contribution in [2.75, 3.05) is 20.2 Å². The van der Waals surface area contributed by atoms with Crippen molar-refractivity contribution in [1.82, 2.24) is 15.3 Å². The lowest BCUT2D eigenvalue weighted by Gasteiger charge is -2.13. The van der Waals surface area contributed by atoms with Crippen molar-refractivity contribution in [3.05, 3.63) is 42.4 Å². The molecule has 0 aliphatic carbocycles. The van der Waals surface area contributed by atoms with Gasteiger partial charge in [-0.2, -0.15) is 0 Å². The molecule has 1 aromatic heterocycles. The van der Waals surface area contributed by atoms with Crippen LogP contribution in [0.3, 0.4) is 0 Å². The Morgan fingerprint density at radius 1 is 1.14 bits per heavy atom. The van der Waals surface area contributed by atoms with Gasteiger partial charge in [0.25, 0.3) is 0 Å². The third-order valence-electron chi connectivity index (χ3n) is 4.28. The third kappa shape index (κ3) is 3.63. The van der Waals surface area contributed by atoms with Crippen LogP contribution in [0.25, 0.3) is 11.3 Å². The summed E-state index contributed by atoms with van der Waals surface area (Å²) in [6.07, 6.45) is 8.58. The van der Waals surface area contributed by atoms with Crippen LogP contribution in [0, 0.1) is 5.92 Å². The van der Waals surface area contributed by atoms with Gasteiger partial charge in [0.1, 0.15) is 5.75 Å². The third-order valence-corrected chi connectivity index (χ3v) is 4.28. The molecule has 1 aliphatic heterocycles. The molecule has 0 spiro atoms. The molecule has 3 rings (SSSR count). The molecule has 2 aromatic rings. The molecule has 0 radical (unpaired) electrons. The van der Waals surface area contributed by atoms with Crippen LogP contribution in [-0.4, -0.2) is 30.2 Å². The maximum atomic E-state index is 5.39. The van der Waals surface area contributed by atoms with Crippen LogP contribution >= 0.6 is 0 Å². The molecule has 4 heteroatoms. The van der Waals surface area contributed by atoms with E-state index in [1.165, 1.54) is 19.3 Å². The summed E-state index contributed by atoms with van der Waals surface area (Å²) in [5.41, 5.74) is 2.94. The van der Waals surface area contributed by atoms with Crippen molar-refractivity contribution in [2.24, 2.45) is 5.92 Å². The quantitative estimate of drug-likeness (QED) is 0.942. The zero-order valence-corrected chi connectivity index (χ0v) is 13.1. The van der Waals surface area contributed by atoms with Crippen LogP contribution in [0.5, 0.6) is 5.75 Å². The van der Waals surface area contributed by atoms with Crippen molar-refractivity contribution >= 4 is 0 Å². The first-order chi connectivity index (χ1) is 10.9. The molecule has 0 unspecified atom stereocenters. The zero-order valence-electron chi connectivity index (χ0n) is 13.1. The number of ether oxygens (including phenoxy) is 1. The van der Waals surface area contributed by atoms with Crippen LogP contribution in [0.1, 0.15) is 25.0 Å². The summed E-state index contributed by atoms with van der Waals surface area (Å²) in [7, 11) is 1.68. The minimum absolute atomic E-state index is 0.724. The number of methoxy groups -OCH3 is 1. The number of rotatable bonds is 4. The Labute approximate surface area is 132 Å². The van der Waals surface area contributed by atoms with Gasteiger partial charge >= 0.3 is 0 Å². The Bertz CT molecular complexity index is 590. The summed E-state index contributed by atoms with van der Waals surface area (Å²) >= 11 is 0.